The molecule has 0 bridgehead atoms. The van der Waals surface area contributed by atoms with E-state index >= 15 is 0 Å². The van der Waals surface area contributed by atoms with Gasteiger partial charge in [0.2, 0.25) is 5.91 Å². The fraction of sp³-hybridized carbons (Fsp3) is 0.829. The van der Waals surface area contributed by atoms with E-state index in [0.29, 0.717) is 32.2 Å². The second-order valence-corrected chi connectivity index (χ2v) is 13.7. The number of esters is 1. The minimum atomic E-state index is -1.01. The van der Waals surface area contributed by atoms with Crippen molar-refractivity contribution in [3.63, 3.8) is 0 Å². The Bertz CT molecular complexity index is 813. The highest BCUT2D eigenvalue weighted by molar-refractivity contribution is 5.83. The molecule has 0 aromatic rings. The Morgan fingerprint density at radius 3 is 1.69 bits per heavy atom. The number of carbonyl (C=O) groups is 3. The third-order valence-corrected chi connectivity index (χ3v) is 9.02. The van der Waals surface area contributed by atoms with Gasteiger partial charge in [0.25, 0.3) is 0 Å². The highest BCUT2D eigenvalue weighted by Crippen LogP contribution is 2.18. The van der Waals surface area contributed by atoms with Gasteiger partial charge in [0, 0.05) is 12.8 Å². The van der Waals surface area contributed by atoms with Gasteiger partial charge in [-0.05, 0) is 83.6 Å². The Morgan fingerprint density at radius 2 is 1.10 bits per heavy atom. The van der Waals surface area contributed by atoms with Gasteiger partial charge in [-0.1, -0.05) is 134 Å². The fourth-order valence-electron chi connectivity index (χ4n) is 5.96. The van der Waals surface area contributed by atoms with Crippen LogP contribution in [0.15, 0.2) is 24.3 Å². The Morgan fingerprint density at radius 1 is 0.604 bits per heavy atom. The summed E-state index contributed by atoms with van der Waals surface area (Å²) in [5, 5.41) is 11.9. The van der Waals surface area contributed by atoms with Gasteiger partial charge in [0.05, 0.1) is 0 Å². The number of carbonyl (C=O) groups excluding carboxylic acids is 2. The predicted octanol–water partition coefficient (Wildman–Crippen LogP) is 10.9. The van der Waals surface area contributed by atoms with E-state index in [2.05, 4.69) is 43.5 Å². The molecule has 280 valence electrons. The maximum atomic E-state index is 12.7. The molecule has 0 aromatic heterocycles. The number of amides is 1. The Balaban J connectivity index is 4.38. The van der Waals surface area contributed by atoms with Gasteiger partial charge in [-0.3, -0.25) is 9.59 Å². The second-order valence-electron chi connectivity index (χ2n) is 13.7. The summed E-state index contributed by atoms with van der Waals surface area (Å²) >= 11 is 0. The van der Waals surface area contributed by atoms with Crippen LogP contribution < -0.4 is 11.1 Å². The number of hydrogen-bond acceptors (Lipinski definition) is 5. The molecular weight excluding hydrogens is 600 g/mol. The molecule has 7 nitrogen and oxygen atoms in total. The molecule has 0 aliphatic carbocycles. The van der Waals surface area contributed by atoms with Gasteiger partial charge >= 0.3 is 11.9 Å². The topological polar surface area (TPSA) is 119 Å². The summed E-state index contributed by atoms with van der Waals surface area (Å²) in [5.74, 6) is -1.26. The lowest BCUT2D eigenvalue weighted by Crippen LogP contribution is -2.40. The van der Waals surface area contributed by atoms with E-state index in [0.717, 1.165) is 77.0 Å². The molecule has 0 heterocycles. The first-order valence-corrected chi connectivity index (χ1v) is 20.2. The van der Waals surface area contributed by atoms with Crippen molar-refractivity contribution in [1.82, 2.24) is 5.32 Å². The van der Waals surface area contributed by atoms with E-state index in [9.17, 15) is 19.5 Å². The minimum absolute atomic E-state index is 0.0238. The average molecular weight is 677 g/mol. The van der Waals surface area contributed by atoms with Gasteiger partial charge in [0.15, 0.2) is 0 Å². The van der Waals surface area contributed by atoms with E-state index in [1.165, 1.54) is 83.5 Å². The molecule has 48 heavy (non-hydrogen) atoms. The molecule has 0 aromatic carbocycles. The van der Waals surface area contributed by atoms with Gasteiger partial charge in [-0.2, -0.15) is 0 Å². The molecule has 0 aliphatic rings. The number of nitrogens with one attached hydrogen (secondary N) is 1. The lowest BCUT2D eigenvalue weighted by molar-refractivity contribution is -0.150. The summed E-state index contributed by atoms with van der Waals surface area (Å²) in [7, 11) is 0. The van der Waals surface area contributed by atoms with Crippen molar-refractivity contribution in [2.24, 2.45) is 5.73 Å². The molecule has 4 N–H and O–H groups in total. The molecule has 0 aliphatic heterocycles. The molecule has 7 heteroatoms. The summed E-state index contributed by atoms with van der Waals surface area (Å²) in [6.45, 7) is 4.90. The molecule has 0 fully saturated rings. The number of unbranched alkanes of at least 4 members (excludes halogenated alkanes) is 18. The van der Waals surface area contributed by atoms with Gasteiger partial charge < -0.3 is 20.9 Å². The zero-order valence-corrected chi connectivity index (χ0v) is 31.3. The quantitative estimate of drug-likeness (QED) is 0.0345. The predicted molar refractivity (Wildman–Crippen MR) is 202 cm³/mol. The van der Waals surface area contributed by atoms with Crippen molar-refractivity contribution in [3.8, 4) is 0 Å². The zero-order valence-electron chi connectivity index (χ0n) is 31.3. The molecule has 0 rings (SSSR count). The largest absolute Gasteiger partial charge is 0.480 e. The third-order valence-electron chi connectivity index (χ3n) is 9.02. The Labute approximate surface area is 295 Å². The van der Waals surface area contributed by atoms with Gasteiger partial charge in [-0.25, -0.2) is 4.79 Å². The highest BCUT2D eigenvalue weighted by atomic mass is 16.5. The lowest BCUT2D eigenvalue weighted by Gasteiger charge is -2.18. The van der Waals surface area contributed by atoms with Crippen molar-refractivity contribution in [1.29, 1.82) is 0 Å². The van der Waals surface area contributed by atoms with E-state index in [1.54, 1.807) is 0 Å². The molecule has 1 amide bonds. The monoisotopic (exact) mass is 677 g/mol. The zero-order chi connectivity index (χ0) is 35.3. The summed E-state index contributed by atoms with van der Waals surface area (Å²) < 4.78 is 5.99. The summed E-state index contributed by atoms with van der Waals surface area (Å²) in [5.41, 5.74) is 5.47. The fourth-order valence-corrected chi connectivity index (χ4v) is 5.96. The Kier molecular flexibility index (Phi) is 34.5. The number of allylic oxidation sites excluding steroid dienone is 4. The number of aliphatic carboxylic acids is 1. The number of rotatable bonds is 36. The molecule has 0 radical (unpaired) electrons. The third kappa shape index (κ3) is 32.4. The number of carboxylic acid groups (broad SMARTS) is 1. The first-order valence-electron chi connectivity index (χ1n) is 20.2. The summed E-state index contributed by atoms with van der Waals surface area (Å²) in [4.78, 5) is 36.2. The minimum Gasteiger partial charge on any atom is -0.480 e. The van der Waals surface area contributed by atoms with Crippen LogP contribution in [0.25, 0.3) is 0 Å². The van der Waals surface area contributed by atoms with Crippen LogP contribution in [0.2, 0.25) is 0 Å². The number of ether oxygens (including phenoxy) is 1. The van der Waals surface area contributed by atoms with Crippen LogP contribution in [0.4, 0.5) is 0 Å². The van der Waals surface area contributed by atoms with Crippen LogP contribution in [0, 0.1) is 0 Å². The normalized spacial score (nSPS) is 12.9. The van der Waals surface area contributed by atoms with Crippen LogP contribution in [0.3, 0.4) is 0 Å². The van der Waals surface area contributed by atoms with Crippen molar-refractivity contribution in [2.75, 3.05) is 6.54 Å². The lowest BCUT2D eigenvalue weighted by atomic mass is 10.0. The molecule has 0 spiro atoms. The van der Waals surface area contributed by atoms with Gasteiger partial charge in [-0.15, -0.1) is 0 Å². The SMILES string of the molecule is CCCCC/C=C\C/C=C\CCCC(CCCCCCCC(=O)NC(CCCN)C(=O)O)OC(=O)CCCCCCCCCCCCC. The molecule has 2 atom stereocenters. The van der Waals surface area contributed by atoms with Crippen molar-refractivity contribution < 1.29 is 24.2 Å². The van der Waals surface area contributed by atoms with Crippen molar-refractivity contribution in [2.45, 2.75) is 212 Å². The first kappa shape index (κ1) is 45.9. The van der Waals surface area contributed by atoms with Crippen LogP contribution in [-0.4, -0.2) is 41.6 Å². The second kappa shape index (κ2) is 36.1. The van der Waals surface area contributed by atoms with Crippen LogP contribution >= 0.6 is 0 Å². The number of nitrogens with two attached hydrogens (primary N) is 1. The summed E-state index contributed by atoms with van der Waals surface area (Å²) in [6.07, 6.45) is 39.3. The standard InChI is InChI=1S/C41H76N2O5/c1-3-5-7-9-11-13-15-17-19-22-26-31-37(48-40(45)35-29-25-20-18-16-14-12-10-8-6-4-2)32-27-23-21-24-28-34-39(44)43-38(41(46)47)33-30-36-42/h11,13,17,19,37-38H,3-10,12,14-16,18,20-36,42H2,1-2H3,(H,43,44)(H,46,47)/b13-11-,19-17-. The summed E-state index contributed by atoms with van der Waals surface area (Å²) in [6, 6.07) is -0.858. The molecular formula is C41H76N2O5. The van der Waals surface area contributed by atoms with Crippen LogP contribution in [0.5, 0.6) is 0 Å². The van der Waals surface area contributed by atoms with Crippen LogP contribution in [-0.2, 0) is 19.1 Å². The smallest absolute Gasteiger partial charge is 0.326 e. The number of hydrogen-bond donors (Lipinski definition) is 3. The van der Waals surface area contributed by atoms with E-state index in [1.807, 2.05) is 0 Å². The maximum Gasteiger partial charge on any atom is 0.326 e. The molecule has 2 unspecified atom stereocenters. The van der Waals surface area contributed by atoms with E-state index < -0.39 is 12.0 Å². The highest BCUT2D eigenvalue weighted by Gasteiger charge is 2.19. The Hall–Kier alpha value is -2.15. The van der Waals surface area contributed by atoms with Crippen LogP contribution in [0.1, 0.15) is 200 Å². The van der Waals surface area contributed by atoms with Crippen molar-refractivity contribution in [3.05, 3.63) is 24.3 Å². The van der Waals surface area contributed by atoms with Gasteiger partial charge in [0.1, 0.15) is 12.1 Å². The molecule has 0 saturated heterocycles. The first-order chi connectivity index (χ1) is 23.4. The van der Waals surface area contributed by atoms with E-state index in [-0.39, 0.29) is 18.0 Å². The van der Waals surface area contributed by atoms with E-state index in [4.69, 9.17) is 10.5 Å². The van der Waals surface area contributed by atoms with Crippen molar-refractivity contribution >= 4 is 17.8 Å². The number of carboxylic acids is 1. The maximum absolute atomic E-state index is 12.7. The molecule has 0 saturated carbocycles. The average Bonchev–Trinajstić information content (AvgIpc) is 3.07.